The Labute approximate surface area is 241 Å². The molecule has 0 fully saturated rings. The van der Waals surface area contributed by atoms with Crippen molar-refractivity contribution >= 4 is 66.1 Å². The van der Waals surface area contributed by atoms with Gasteiger partial charge in [-0.1, -0.05) is 0 Å². The molecule has 1 N–H and O–H groups in total. The van der Waals surface area contributed by atoms with Crippen LogP contribution in [0.4, 0.5) is 28.9 Å². The monoisotopic (exact) mass is 699 g/mol. The maximum absolute atomic E-state index is 14.0. The zero-order valence-electron chi connectivity index (χ0n) is 19.4. The lowest BCUT2D eigenvalue weighted by molar-refractivity contribution is -0.384. The smallest absolute Gasteiger partial charge is 0.433 e. The SMILES string of the molecule is O=C(Nc1cc(Oc2ccc(F)cc2)cc([N+](=O)[O-])c1)c1nn2c(C(F)(F)F)cc(-c3cc(Br)cs3)nc2c1Br. The first-order chi connectivity index (χ1) is 18.9. The van der Waals surface area contributed by atoms with E-state index in [1.165, 1.54) is 29.5 Å². The zero-order chi connectivity index (χ0) is 28.8. The first-order valence-electron chi connectivity index (χ1n) is 10.8. The van der Waals surface area contributed by atoms with Crippen LogP contribution in [0.25, 0.3) is 16.2 Å². The van der Waals surface area contributed by atoms with Crippen LogP contribution < -0.4 is 10.1 Å². The molecule has 0 atom stereocenters. The molecule has 0 saturated carbocycles. The Morgan fingerprint density at radius 3 is 2.42 bits per heavy atom. The van der Waals surface area contributed by atoms with Crippen molar-refractivity contribution in [3.05, 3.63) is 96.2 Å². The number of nitrogens with one attached hydrogen (secondary N) is 1. The molecule has 1 amide bonds. The second-order valence-electron chi connectivity index (χ2n) is 8.03. The van der Waals surface area contributed by atoms with Gasteiger partial charge in [0.1, 0.15) is 17.3 Å². The molecule has 0 bridgehead atoms. The topological polar surface area (TPSA) is 112 Å². The van der Waals surface area contributed by atoms with Gasteiger partial charge in [-0.2, -0.15) is 18.3 Å². The number of nitrogens with zero attached hydrogens (tertiary/aromatic N) is 4. The van der Waals surface area contributed by atoms with Gasteiger partial charge in [-0.05, 0) is 68.3 Å². The van der Waals surface area contributed by atoms with Crippen LogP contribution >= 0.6 is 43.2 Å². The summed E-state index contributed by atoms with van der Waals surface area (Å²) in [5.41, 5.74) is -2.41. The van der Waals surface area contributed by atoms with Gasteiger partial charge in [0, 0.05) is 22.0 Å². The third-order valence-corrected chi connectivity index (χ3v) is 7.71. The van der Waals surface area contributed by atoms with Crippen LogP contribution in [0.5, 0.6) is 11.5 Å². The Morgan fingerprint density at radius 2 is 1.80 bits per heavy atom. The summed E-state index contributed by atoms with van der Waals surface area (Å²) in [5.74, 6) is -1.38. The quantitative estimate of drug-likeness (QED) is 0.109. The molecule has 2 aromatic carbocycles. The number of hydrogen-bond donors (Lipinski definition) is 1. The number of benzene rings is 2. The molecule has 204 valence electrons. The van der Waals surface area contributed by atoms with Crippen LogP contribution in [-0.2, 0) is 6.18 Å². The van der Waals surface area contributed by atoms with Gasteiger partial charge in [0.15, 0.2) is 17.0 Å². The summed E-state index contributed by atoms with van der Waals surface area (Å²) < 4.78 is 61.7. The number of amides is 1. The second kappa shape index (κ2) is 10.6. The number of rotatable bonds is 6. The predicted molar refractivity (Wildman–Crippen MR) is 144 cm³/mol. The van der Waals surface area contributed by atoms with Crippen LogP contribution in [0.2, 0.25) is 0 Å². The second-order valence-corrected chi connectivity index (χ2v) is 10.7. The van der Waals surface area contributed by atoms with Crippen LogP contribution in [0.1, 0.15) is 16.2 Å². The molecule has 0 unspecified atom stereocenters. The van der Waals surface area contributed by atoms with Crippen molar-refractivity contribution in [2.45, 2.75) is 6.18 Å². The molecule has 5 aromatic rings. The third kappa shape index (κ3) is 5.68. The average molecular weight is 701 g/mol. The van der Waals surface area contributed by atoms with Crippen LogP contribution in [0.3, 0.4) is 0 Å². The lowest BCUT2D eigenvalue weighted by atomic mass is 10.2. The normalized spacial score (nSPS) is 11.6. The van der Waals surface area contributed by atoms with E-state index in [2.05, 4.69) is 47.3 Å². The minimum atomic E-state index is -4.84. The number of thiophene rings is 1. The van der Waals surface area contributed by atoms with Gasteiger partial charge in [0.05, 0.1) is 31.7 Å². The number of alkyl halides is 3. The molecule has 0 aliphatic heterocycles. The number of non-ortho nitro benzene ring substituents is 1. The van der Waals surface area contributed by atoms with Gasteiger partial charge in [-0.25, -0.2) is 13.9 Å². The van der Waals surface area contributed by atoms with Gasteiger partial charge >= 0.3 is 6.18 Å². The Kier molecular flexibility index (Phi) is 7.32. The first kappa shape index (κ1) is 27.7. The number of carbonyl (C=O) groups is 1. The number of carbonyl (C=O) groups excluding carboxylic acids is 1. The summed E-state index contributed by atoms with van der Waals surface area (Å²) >= 11 is 7.57. The predicted octanol–water partition coefficient (Wildman–Crippen LogP) is 8.09. The molecular weight excluding hydrogens is 690 g/mol. The van der Waals surface area contributed by atoms with Crippen LogP contribution in [0, 0.1) is 15.9 Å². The molecule has 40 heavy (non-hydrogen) atoms. The number of anilines is 1. The molecule has 3 aromatic heterocycles. The van der Waals surface area contributed by atoms with E-state index in [9.17, 15) is 32.5 Å². The third-order valence-electron chi connectivity index (χ3n) is 5.27. The molecule has 16 heteroatoms. The molecular formula is C24H11Br2F4N5O4S. The molecule has 0 aliphatic carbocycles. The number of hydrogen-bond acceptors (Lipinski definition) is 7. The fourth-order valence-corrected chi connectivity index (χ4v) is 5.47. The lowest BCUT2D eigenvalue weighted by Gasteiger charge is -2.10. The molecule has 3 heterocycles. The summed E-state index contributed by atoms with van der Waals surface area (Å²) in [5, 5.41) is 19.4. The molecule has 0 radical (unpaired) electrons. The van der Waals surface area contributed by atoms with E-state index >= 15 is 0 Å². The van der Waals surface area contributed by atoms with Crippen molar-refractivity contribution in [2.75, 3.05) is 5.32 Å². The van der Waals surface area contributed by atoms with Gasteiger partial charge in [0.25, 0.3) is 11.6 Å². The maximum Gasteiger partial charge on any atom is 0.433 e. The van der Waals surface area contributed by atoms with Crippen molar-refractivity contribution in [1.29, 1.82) is 0 Å². The van der Waals surface area contributed by atoms with E-state index < -0.39 is 39.9 Å². The molecule has 5 rings (SSSR count). The number of nitro groups is 1. The molecule has 0 spiro atoms. The summed E-state index contributed by atoms with van der Waals surface area (Å²) in [6.45, 7) is 0. The number of aromatic nitrogens is 3. The Balaban J connectivity index is 1.53. The van der Waals surface area contributed by atoms with E-state index in [0.717, 1.165) is 30.3 Å². The highest BCUT2D eigenvalue weighted by atomic mass is 79.9. The van der Waals surface area contributed by atoms with E-state index in [1.807, 2.05) is 0 Å². The van der Waals surface area contributed by atoms with Crippen LogP contribution in [0.15, 0.2) is 68.9 Å². The highest BCUT2D eigenvalue weighted by Crippen LogP contribution is 2.37. The highest BCUT2D eigenvalue weighted by molar-refractivity contribution is 9.11. The fraction of sp³-hybridized carbons (Fsp3) is 0.0417. The van der Waals surface area contributed by atoms with Crippen molar-refractivity contribution < 1.29 is 32.0 Å². The maximum atomic E-state index is 14.0. The zero-order valence-corrected chi connectivity index (χ0v) is 23.4. The van der Waals surface area contributed by atoms with Gasteiger partial charge < -0.3 is 10.1 Å². The van der Waals surface area contributed by atoms with Crippen molar-refractivity contribution in [1.82, 2.24) is 14.6 Å². The number of nitro benzene ring substituents is 1. The van der Waals surface area contributed by atoms with E-state index in [4.69, 9.17) is 4.74 Å². The molecule has 0 saturated heterocycles. The van der Waals surface area contributed by atoms with Gasteiger partial charge in [0.2, 0.25) is 0 Å². The van der Waals surface area contributed by atoms with E-state index in [-0.39, 0.29) is 33.0 Å². The van der Waals surface area contributed by atoms with E-state index in [1.54, 1.807) is 11.4 Å². The average Bonchev–Trinajstić information content (AvgIpc) is 3.47. The summed E-state index contributed by atoms with van der Waals surface area (Å²) in [4.78, 5) is 28.6. The van der Waals surface area contributed by atoms with Crippen molar-refractivity contribution in [3.63, 3.8) is 0 Å². The summed E-state index contributed by atoms with van der Waals surface area (Å²) in [6, 6.07) is 10.7. The minimum Gasteiger partial charge on any atom is -0.457 e. The highest BCUT2D eigenvalue weighted by Gasteiger charge is 2.37. The minimum absolute atomic E-state index is 0.0179. The summed E-state index contributed by atoms with van der Waals surface area (Å²) in [7, 11) is 0. The molecule has 9 nitrogen and oxygen atoms in total. The Morgan fingerprint density at radius 1 is 1.07 bits per heavy atom. The van der Waals surface area contributed by atoms with Crippen molar-refractivity contribution in [2.24, 2.45) is 0 Å². The Bertz CT molecular complexity index is 1790. The van der Waals surface area contributed by atoms with E-state index in [0.29, 0.717) is 13.9 Å². The van der Waals surface area contributed by atoms with Crippen LogP contribution in [-0.4, -0.2) is 25.4 Å². The Hall–Kier alpha value is -3.89. The largest absolute Gasteiger partial charge is 0.457 e. The van der Waals surface area contributed by atoms with Crippen molar-refractivity contribution in [3.8, 4) is 22.1 Å². The van der Waals surface area contributed by atoms with Gasteiger partial charge in [-0.15, -0.1) is 11.3 Å². The summed E-state index contributed by atoms with van der Waals surface area (Å²) in [6.07, 6.45) is -4.84. The number of halogens is 6. The number of ether oxygens (including phenoxy) is 1. The first-order valence-corrected chi connectivity index (χ1v) is 13.3. The lowest BCUT2D eigenvalue weighted by Crippen LogP contribution is -2.16. The number of fused-ring (bicyclic) bond motifs is 1. The standard InChI is InChI=1S/C24H11Br2F4N5O4S/c25-11-5-18(40-10-11)17-9-19(24(28,29)30)34-22(32-17)20(26)21(33-34)23(36)31-13-6-14(35(37)38)8-16(7-13)39-15-3-1-12(27)2-4-15/h1-10H,(H,31,36). The molecule has 0 aliphatic rings. The fourth-order valence-electron chi connectivity index (χ4n) is 3.56. The van der Waals surface area contributed by atoms with Gasteiger partial charge in [-0.3, -0.25) is 14.9 Å².